The van der Waals surface area contributed by atoms with Crippen molar-refractivity contribution in [2.24, 2.45) is 0 Å². The third-order valence-corrected chi connectivity index (χ3v) is 2.85. The van der Waals surface area contributed by atoms with Crippen molar-refractivity contribution in [2.45, 2.75) is 25.0 Å². The third kappa shape index (κ3) is 1.69. The van der Waals surface area contributed by atoms with E-state index < -0.39 is 0 Å². The molecule has 2 saturated heterocycles. The van der Waals surface area contributed by atoms with Crippen LogP contribution in [-0.4, -0.2) is 49.7 Å². The molecule has 0 aromatic carbocycles. The maximum absolute atomic E-state index is 11.7. The van der Waals surface area contributed by atoms with E-state index >= 15 is 0 Å². The first-order valence-electron chi connectivity index (χ1n) is 4.86. The fourth-order valence-electron chi connectivity index (χ4n) is 1.88. The van der Waals surface area contributed by atoms with E-state index in [0.717, 1.165) is 32.5 Å². The minimum absolute atomic E-state index is 0.0813. The van der Waals surface area contributed by atoms with Crippen molar-refractivity contribution in [3.63, 3.8) is 0 Å². The van der Waals surface area contributed by atoms with Gasteiger partial charge in [-0.05, 0) is 19.4 Å². The SMILES string of the molecule is COC1CN(C(=O)[C@H]2CCCN2)C1. The van der Waals surface area contributed by atoms with Crippen molar-refractivity contribution in [3.05, 3.63) is 0 Å². The second kappa shape index (κ2) is 3.64. The number of likely N-dealkylation sites (tertiary alicyclic amines) is 1. The second-order valence-electron chi connectivity index (χ2n) is 3.75. The van der Waals surface area contributed by atoms with Gasteiger partial charge >= 0.3 is 0 Å². The Balaban J connectivity index is 1.78. The monoisotopic (exact) mass is 184 g/mol. The predicted molar refractivity (Wildman–Crippen MR) is 48.4 cm³/mol. The largest absolute Gasteiger partial charge is 0.378 e. The lowest BCUT2D eigenvalue weighted by molar-refractivity contribution is -0.144. The van der Waals surface area contributed by atoms with Crippen LogP contribution in [0.3, 0.4) is 0 Å². The van der Waals surface area contributed by atoms with Gasteiger partial charge in [0.25, 0.3) is 0 Å². The molecular formula is C9H16N2O2. The van der Waals surface area contributed by atoms with Crippen molar-refractivity contribution >= 4 is 5.91 Å². The molecule has 0 spiro atoms. The number of nitrogens with one attached hydrogen (secondary N) is 1. The molecule has 0 bridgehead atoms. The van der Waals surface area contributed by atoms with Crippen LogP contribution in [0.5, 0.6) is 0 Å². The average Bonchev–Trinajstić information content (AvgIpc) is 2.53. The number of amides is 1. The summed E-state index contributed by atoms with van der Waals surface area (Å²) in [5, 5.41) is 3.21. The summed E-state index contributed by atoms with van der Waals surface area (Å²) >= 11 is 0. The normalized spacial score (nSPS) is 29.0. The number of hydrogen-bond donors (Lipinski definition) is 1. The van der Waals surface area contributed by atoms with E-state index in [4.69, 9.17) is 4.74 Å². The Kier molecular flexibility index (Phi) is 2.51. The van der Waals surface area contributed by atoms with Crippen LogP contribution in [0.2, 0.25) is 0 Å². The summed E-state index contributed by atoms with van der Waals surface area (Å²) < 4.78 is 5.11. The van der Waals surface area contributed by atoms with Gasteiger partial charge in [-0.1, -0.05) is 0 Å². The summed E-state index contributed by atoms with van der Waals surface area (Å²) in [7, 11) is 1.69. The highest BCUT2D eigenvalue weighted by Crippen LogP contribution is 2.15. The minimum atomic E-state index is 0.0813. The highest BCUT2D eigenvalue weighted by atomic mass is 16.5. The van der Waals surface area contributed by atoms with Gasteiger partial charge in [0.1, 0.15) is 0 Å². The summed E-state index contributed by atoms with van der Waals surface area (Å²) in [6, 6.07) is 0.0813. The van der Waals surface area contributed by atoms with Crippen LogP contribution in [0.4, 0.5) is 0 Å². The first-order valence-corrected chi connectivity index (χ1v) is 4.86. The van der Waals surface area contributed by atoms with Crippen LogP contribution in [0.25, 0.3) is 0 Å². The first kappa shape index (κ1) is 8.97. The Morgan fingerprint density at radius 1 is 1.54 bits per heavy atom. The standard InChI is InChI=1S/C9H16N2O2/c1-13-7-5-11(6-7)9(12)8-3-2-4-10-8/h7-8,10H,2-6H2,1H3/t8-/m1/s1. The molecule has 0 aromatic rings. The molecule has 13 heavy (non-hydrogen) atoms. The predicted octanol–water partition coefficient (Wildman–Crippen LogP) is -0.404. The molecule has 2 heterocycles. The number of ether oxygens (including phenoxy) is 1. The molecule has 2 aliphatic rings. The lowest BCUT2D eigenvalue weighted by Crippen LogP contribution is -2.58. The Labute approximate surface area is 78.2 Å². The molecule has 1 amide bonds. The van der Waals surface area contributed by atoms with E-state index in [2.05, 4.69) is 5.32 Å². The lowest BCUT2D eigenvalue weighted by atomic mass is 10.1. The fourth-order valence-corrected chi connectivity index (χ4v) is 1.88. The topological polar surface area (TPSA) is 41.6 Å². The van der Waals surface area contributed by atoms with E-state index in [1.165, 1.54) is 0 Å². The smallest absolute Gasteiger partial charge is 0.239 e. The maximum atomic E-state index is 11.7. The van der Waals surface area contributed by atoms with Gasteiger partial charge in [-0.2, -0.15) is 0 Å². The quantitative estimate of drug-likeness (QED) is 0.634. The van der Waals surface area contributed by atoms with Gasteiger partial charge in [-0.3, -0.25) is 4.79 Å². The summed E-state index contributed by atoms with van der Waals surface area (Å²) in [6.07, 6.45) is 2.38. The van der Waals surface area contributed by atoms with E-state index in [9.17, 15) is 4.79 Å². The van der Waals surface area contributed by atoms with Crippen LogP contribution < -0.4 is 5.32 Å². The number of methoxy groups -OCH3 is 1. The fraction of sp³-hybridized carbons (Fsp3) is 0.889. The number of hydrogen-bond acceptors (Lipinski definition) is 3. The van der Waals surface area contributed by atoms with Crippen LogP contribution in [0.1, 0.15) is 12.8 Å². The molecule has 4 nitrogen and oxygen atoms in total. The van der Waals surface area contributed by atoms with Crippen LogP contribution in [-0.2, 0) is 9.53 Å². The van der Waals surface area contributed by atoms with Gasteiger partial charge in [-0.15, -0.1) is 0 Å². The van der Waals surface area contributed by atoms with Gasteiger partial charge in [0.05, 0.1) is 12.1 Å². The van der Waals surface area contributed by atoms with E-state index in [-0.39, 0.29) is 18.1 Å². The molecule has 74 valence electrons. The number of carbonyl (C=O) groups excluding carboxylic acids is 1. The second-order valence-corrected chi connectivity index (χ2v) is 3.75. The van der Waals surface area contributed by atoms with Gasteiger partial charge in [-0.25, -0.2) is 0 Å². The Morgan fingerprint density at radius 2 is 2.31 bits per heavy atom. The first-order chi connectivity index (χ1) is 6.31. The Hall–Kier alpha value is -0.610. The van der Waals surface area contributed by atoms with Crippen LogP contribution >= 0.6 is 0 Å². The molecule has 4 heteroatoms. The zero-order valence-corrected chi connectivity index (χ0v) is 7.95. The molecule has 1 atom stereocenters. The lowest BCUT2D eigenvalue weighted by Gasteiger charge is -2.39. The maximum Gasteiger partial charge on any atom is 0.239 e. The van der Waals surface area contributed by atoms with Crippen LogP contribution in [0.15, 0.2) is 0 Å². The highest BCUT2D eigenvalue weighted by Gasteiger charge is 2.35. The zero-order valence-electron chi connectivity index (χ0n) is 7.95. The van der Waals surface area contributed by atoms with Crippen molar-refractivity contribution in [2.75, 3.05) is 26.7 Å². The molecule has 0 aliphatic carbocycles. The van der Waals surface area contributed by atoms with E-state index in [1.54, 1.807) is 7.11 Å². The van der Waals surface area contributed by atoms with Gasteiger partial charge in [0.2, 0.25) is 5.91 Å². The zero-order chi connectivity index (χ0) is 9.26. The van der Waals surface area contributed by atoms with Gasteiger partial charge in [0.15, 0.2) is 0 Å². The summed E-state index contributed by atoms with van der Waals surface area (Å²) in [5.41, 5.74) is 0. The molecule has 0 radical (unpaired) electrons. The Morgan fingerprint density at radius 3 is 2.85 bits per heavy atom. The number of carbonyl (C=O) groups is 1. The van der Waals surface area contributed by atoms with Gasteiger partial charge in [0, 0.05) is 20.2 Å². The van der Waals surface area contributed by atoms with Gasteiger partial charge < -0.3 is 15.0 Å². The molecule has 2 rings (SSSR count). The molecular weight excluding hydrogens is 168 g/mol. The van der Waals surface area contributed by atoms with E-state index in [1.807, 2.05) is 4.90 Å². The average molecular weight is 184 g/mol. The van der Waals surface area contributed by atoms with Crippen molar-refractivity contribution in [1.29, 1.82) is 0 Å². The molecule has 2 fully saturated rings. The molecule has 1 N–H and O–H groups in total. The molecule has 2 aliphatic heterocycles. The molecule has 0 aromatic heterocycles. The summed E-state index contributed by atoms with van der Waals surface area (Å²) in [4.78, 5) is 13.6. The van der Waals surface area contributed by atoms with E-state index in [0.29, 0.717) is 0 Å². The third-order valence-electron chi connectivity index (χ3n) is 2.85. The van der Waals surface area contributed by atoms with Crippen LogP contribution in [0, 0.1) is 0 Å². The molecule has 0 saturated carbocycles. The summed E-state index contributed by atoms with van der Waals surface area (Å²) in [5.74, 6) is 0.255. The van der Waals surface area contributed by atoms with Crippen molar-refractivity contribution in [3.8, 4) is 0 Å². The highest BCUT2D eigenvalue weighted by molar-refractivity contribution is 5.83. The van der Waals surface area contributed by atoms with Crippen molar-refractivity contribution in [1.82, 2.24) is 10.2 Å². The number of nitrogens with zero attached hydrogens (tertiary/aromatic N) is 1. The number of rotatable bonds is 2. The Bertz CT molecular complexity index is 196. The molecule has 0 unspecified atom stereocenters. The minimum Gasteiger partial charge on any atom is -0.378 e. The van der Waals surface area contributed by atoms with Crippen molar-refractivity contribution < 1.29 is 9.53 Å². The summed E-state index contributed by atoms with van der Waals surface area (Å²) in [6.45, 7) is 2.53.